The van der Waals surface area contributed by atoms with Crippen molar-refractivity contribution in [2.75, 3.05) is 6.26 Å². The van der Waals surface area contributed by atoms with Gasteiger partial charge in [-0.1, -0.05) is 18.2 Å². The van der Waals surface area contributed by atoms with Crippen LogP contribution in [0, 0.1) is 5.82 Å². The zero-order valence-corrected chi connectivity index (χ0v) is 14.6. The number of thioether (sulfide) groups is 1. The Balaban J connectivity index is 0.000000154. The Morgan fingerprint density at radius 3 is 2.68 bits per heavy atom. The minimum absolute atomic E-state index is 0.241. The van der Waals surface area contributed by atoms with Gasteiger partial charge in [-0.2, -0.15) is 0 Å². The van der Waals surface area contributed by atoms with E-state index in [9.17, 15) is 4.39 Å². The molecule has 0 amide bonds. The molecule has 1 aromatic heterocycles. The van der Waals surface area contributed by atoms with Crippen molar-refractivity contribution in [1.29, 1.82) is 0 Å². The third-order valence-electron chi connectivity index (χ3n) is 3.63. The van der Waals surface area contributed by atoms with Crippen LogP contribution >= 0.6 is 27.7 Å². The highest BCUT2D eigenvalue weighted by Crippen LogP contribution is 2.27. The van der Waals surface area contributed by atoms with Crippen LogP contribution in [0.2, 0.25) is 0 Å². The summed E-state index contributed by atoms with van der Waals surface area (Å²) in [5, 5.41) is 0. The Bertz CT molecular complexity index is 786. The first-order valence-corrected chi connectivity index (χ1v) is 9.14. The number of aromatic nitrogens is 2. The van der Waals surface area contributed by atoms with Gasteiger partial charge in [0.1, 0.15) is 11.6 Å². The summed E-state index contributed by atoms with van der Waals surface area (Å²) in [6.45, 7) is 1.00. The Hall–Kier alpha value is -1.33. The van der Waals surface area contributed by atoms with Gasteiger partial charge in [0, 0.05) is 23.9 Å². The normalized spacial score (nSPS) is 12.9. The SMILES string of the molecule is CSc1ccccc1.Fc1cc2nc3n(c2cc1Br)CCC3. The quantitative estimate of drug-likeness (QED) is 0.535. The van der Waals surface area contributed by atoms with Crippen molar-refractivity contribution >= 4 is 38.7 Å². The van der Waals surface area contributed by atoms with E-state index < -0.39 is 0 Å². The van der Waals surface area contributed by atoms with Crippen LogP contribution in [0.3, 0.4) is 0 Å². The van der Waals surface area contributed by atoms with Gasteiger partial charge in [0.05, 0.1) is 15.5 Å². The average molecular weight is 379 g/mol. The fraction of sp³-hybridized carbons (Fsp3) is 0.235. The molecule has 2 aromatic carbocycles. The lowest BCUT2D eigenvalue weighted by molar-refractivity contribution is 0.622. The summed E-state index contributed by atoms with van der Waals surface area (Å²) < 4.78 is 15.9. The molecule has 3 aromatic rings. The van der Waals surface area contributed by atoms with Crippen molar-refractivity contribution < 1.29 is 4.39 Å². The summed E-state index contributed by atoms with van der Waals surface area (Å²) in [6, 6.07) is 13.6. The Morgan fingerprint density at radius 2 is 2.00 bits per heavy atom. The number of hydrogen-bond donors (Lipinski definition) is 0. The smallest absolute Gasteiger partial charge is 0.139 e. The van der Waals surface area contributed by atoms with E-state index in [2.05, 4.69) is 43.9 Å². The maximum Gasteiger partial charge on any atom is 0.139 e. The minimum atomic E-state index is -0.241. The maximum absolute atomic E-state index is 13.2. The molecule has 0 fully saturated rings. The van der Waals surface area contributed by atoms with Crippen molar-refractivity contribution in [3.63, 3.8) is 0 Å². The molecule has 0 saturated carbocycles. The number of fused-ring (bicyclic) bond motifs is 3. The lowest BCUT2D eigenvalue weighted by atomic mass is 10.3. The van der Waals surface area contributed by atoms with E-state index >= 15 is 0 Å². The summed E-state index contributed by atoms with van der Waals surface area (Å²) in [5.74, 6) is 0.840. The molecule has 0 bridgehead atoms. The van der Waals surface area contributed by atoms with Crippen LogP contribution in [0.4, 0.5) is 4.39 Å². The highest BCUT2D eigenvalue weighted by molar-refractivity contribution is 9.10. The highest BCUT2D eigenvalue weighted by Gasteiger charge is 2.17. The van der Waals surface area contributed by atoms with Gasteiger partial charge in [-0.25, -0.2) is 9.37 Å². The molecule has 0 spiro atoms. The molecule has 0 aliphatic carbocycles. The predicted octanol–water partition coefficient (Wildman–Crippen LogP) is 5.29. The largest absolute Gasteiger partial charge is 0.328 e. The molecule has 0 atom stereocenters. The minimum Gasteiger partial charge on any atom is -0.328 e. The number of rotatable bonds is 1. The monoisotopic (exact) mass is 378 g/mol. The topological polar surface area (TPSA) is 17.8 Å². The van der Waals surface area contributed by atoms with Crippen molar-refractivity contribution in [2.24, 2.45) is 0 Å². The maximum atomic E-state index is 13.2. The second-order valence-electron chi connectivity index (χ2n) is 5.06. The van der Waals surface area contributed by atoms with Gasteiger partial charge in [-0.3, -0.25) is 0 Å². The van der Waals surface area contributed by atoms with E-state index in [0.29, 0.717) is 4.47 Å². The number of halogens is 2. The van der Waals surface area contributed by atoms with Crippen molar-refractivity contribution in [2.45, 2.75) is 24.3 Å². The molecular weight excluding hydrogens is 363 g/mol. The second-order valence-corrected chi connectivity index (χ2v) is 6.79. The number of nitrogens with zero attached hydrogens (tertiary/aromatic N) is 2. The molecule has 1 aliphatic rings. The van der Waals surface area contributed by atoms with Crippen LogP contribution in [0.5, 0.6) is 0 Å². The van der Waals surface area contributed by atoms with E-state index in [4.69, 9.17) is 0 Å². The van der Waals surface area contributed by atoms with E-state index in [0.717, 1.165) is 36.2 Å². The first-order valence-electron chi connectivity index (χ1n) is 7.12. The molecule has 5 heteroatoms. The fourth-order valence-electron chi connectivity index (χ4n) is 2.56. The Kier molecular flexibility index (Phi) is 4.84. The number of hydrogen-bond acceptors (Lipinski definition) is 2. The lowest BCUT2D eigenvalue weighted by Crippen LogP contribution is -1.91. The first kappa shape index (κ1) is 15.6. The molecule has 0 unspecified atom stereocenters. The summed E-state index contributed by atoms with van der Waals surface area (Å²) in [6.07, 6.45) is 4.23. The second kappa shape index (κ2) is 6.84. The summed E-state index contributed by atoms with van der Waals surface area (Å²) in [5.41, 5.74) is 1.80. The van der Waals surface area contributed by atoms with Crippen molar-refractivity contribution in [3.05, 3.63) is 58.6 Å². The zero-order valence-electron chi connectivity index (χ0n) is 12.2. The first-order chi connectivity index (χ1) is 10.7. The van der Waals surface area contributed by atoms with Gasteiger partial charge in [0.2, 0.25) is 0 Å². The standard InChI is InChI=1S/C10H8BrFN2.C7H8S/c11-6-4-9-8(5-7(6)12)13-10-2-1-3-14(9)10;1-8-7-5-3-2-4-6-7/h4-5H,1-3H2;2-6H,1H3. The third-order valence-corrected chi connectivity index (χ3v) is 4.98. The molecule has 2 nitrogen and oxygen atoms in total. The van der Waals surface area contributed by atoms with Crippen molar-refractivity contribution in [1.82, 2.24) is 9.55 Å². The van der Waals surface area contributed by atoms with Gasteiger partial charge in [-0.05, 0) is 46.8 Å². The summed E-state index contributed by atoms with van der Waals surface area (Å²) in [4.78, 5) is 5.72. The zero-order chi connectivity index (χ0) is 15.5. The predicted molar refractivity (Wildman–Crippen MR) is 93.9 cm³/mol. The van der Waals surface area contributed by atoms with Gasteiger partial charge < -0.3 is 4.57 Å². The van der Waals surface area contributed by atoms with Crippen LogP contribution in [-0.2, 0) is 13.0 Å². The molecule has 0 N–H and O–H groups in total. The van der Waals surface area contributed by atoms with Gasteiger partial charge in [0.25, 0.3) is 0 Å². The van der Waals surface area contributed by atoms with E-state index in [1.165, 1.54) is 11.0 Å². The Labute approximate surface area is 141 Å². The fourth-order valence-corrected chi connectivity index (χ4v) is 3.32. The van der Waals surface area contributed by atoms with Gasteiger partial charge in [-0.15, -0.1) is 11.8 Å². The van der Waals surface area contributed by atoms with Crippen LogP contribution in [0.25, 0.3) is 11.0 Å². The molecule has 4 rings (SSSR count). The van der Waals surface area contributed by atoms with E-state index in [1.807, 2.05) is 24.3 Å². The molecule has 22 heavy (non-hydrogen) atoms. The van der Waals surface area contributed by atoms with Crippen molar-refractivity contribution in [3.8, 4) is 0 Å². The highest BCUT2D eigenvalue weighted by atomic mass is 79.9. The lowest BCUT2D eigenvalue weighted by Gasteiger charge is -1.99. The third kappa shape index (κ3) is 3.20. The van der Waals surface area contributed by atoms with Gasteiger partial charge >= 0.3 is 0 Å². The summed E-state index contributed by atoms with van der Waals surface area (Å²) >= 11 is 4.96. The van der Waals surface area contributed by atoms with Crippen LogP contribution in [0.15, 0.2) is 51.8 Å². The number of benzene rings is 2. The van der Waals surface area contributed by atoms with E-state index in [-0.39, 0.29) is 5.82 Å². The molecule has 1 aliphatic heterocycles. The molecule has 0 radical (unpaired) electrons. The summed E-state index contributed by atoms with van der Waals surface area (Å²) in [7, 11) is 0. The van der Waals surface area contributed by atoms with Crippen LogP contribution in [0.1, 0.15) is 12.2 Å². The number of aryl methyl sites for hydroxylation is 2. The van der Waals surface area contributed by atoms with Crippen LogP contribution in [-0.4, -0.2) is 15.8 Å². The molecular formula is C17H16BrFN2S. The molecule has 2 heterocycles. The molecule has 114 valence electrons. The van der Waals surface area contributed by atoms with E-state index in [1.54, 1.807) is 11.8 Å². The Morgan fingerprint density at radius 1 is 1.23 bits per heavy atom. The molecule has 0 saturated heterocycles. The van der Waals surface area contributed by atoms with Gasteiger partial charge in [0.15, 0.2) is 0 Å². The average Bonchev–Trinajstić information content (AvgIpc) is 3.11. The number of imidazole rings is 1. The van der Waals surface area contributed by atoms with Crippen LogP contribution < -0.4 is 0 Å².